The Morgan fingerprint density at radius 3 is 2.82 bits per heavy atom. The molecule has 0 saturated heterocycles. The molecule has 96 valence electrons. The van der Waals surface area contributed by atoms with Gasteiger partial charge in [0.15, 0.2) is 0 Å². The number of aryl methyl sites for hydroxylation is 3. The third-order valence-corrected chi connectivity index (χ3v) is 2.23. The molecule has 0 spiro atoms. The van der Waals surface area contributed by atoms with Gasteiger partial charge in [-0.25, -0.2) is 5.48 Å². The first kappa shape index (κ1) is 13.7. The smallest absolute Gasteiger partial charge is 0.245 e. The Bertz CT molecular complexity index is 363. The fraction of sp³-hybridized carbons (Fsp3) is 0.636. The van der Waals surface area contributed by atoms with E-state index in [4.69, 9.17) is 9.57 Å². The second-order valence-corrected chi connectivity index (χ2v) is 3.77. The van der Waals surface area contributed by atoms with Crippen LogP contribution < -0.4 is 5.48 Å². The third-order valence-electron chi connectivity index (χ3n) is 2.23. The summed E-state index contributed by atoms with van der Waals surface area (Å²) in [5, 5.41) is 4.27. The molecule has 1 aromatic heterocycles. The van der Waals surface area contributed by atoms with Gasteiger partial charge in [-0.1, -0.05) is 0 Å². The van der Waals surface area contributed by atoms with Crippen LogP contribution in [0.5, 0.6) is 0 Å². The number of ether oxygens (including phenoxy) is 1. The number of rotatable bonds is 7. The molecule has 6 heteroatoms. The average Bonchev–Trinajstić information content (AvgIpc) is 2.61. The van der Waals surface area contributed by atoms with Crippen molar-refractivity contribution < 1.29 is 14.4 Å². The van der Waals surface area contributed by atoms with E-state index in [1.165, 1.54) is 0 Å². The van der Waals surface area contributed by atoms with Crippen molar-refractivity contribution in [3.63, 3.8) is 0 Å². The van der Waals surface area contributed by atoms with Gasteiger partial charge >= 0.3 is 0 Å². The molecule has 17 heavy (non-hydrogen) atoms. The van der Waals surface area contributed by atoms with Crippen LogP contribution in [0.1, 0.15) is 17.8 Å². The van der Waals surface area contributed by atoms with Crippen LogP contribution >= 0.6 is 0 Å². The molecule has 1 N–H and O–H groups in total. The Balaban J connectivity index is 2.21. The molecular formula is C11H19N3O3. The second kappa shape index (κ2) is 7.03. The van der Waals surface area contributed by atoms with Gasteiger partial charge in [-0.2, -0.15) is 5.10 Å². The zero-order valence-electron chi connectivity index (χ0n) is 10.5. The molecular weight excluding hydrogens is 222 g/mol. The van der Waals surface area contributed by atoms with Crippen molar-refractivity contribution in [2.24, 2.45) is 0 Å². The van der Waals surface area contributed by atoms with E-state index in [9.17, 15) is 4.79 Å². The van der Waals surface area contributed by atoms with Crippen LogP contribution in [0.15, 0.2) is 6.07 Å². The van der Waals surface area contributed by atoms with Crippen molar-refractivity contribution in [1.82, 2.24) is 15.3 Å². The Kier molecular flexibility index (Phi) is 5.65. The quantitative estimate of drug-likeness (QED) is 0.560. The normalized spacial score (nSPS) is 10.5. The minimum atomic E-state index is -0.159. The van der Waals surface area contributed by atoms with Gasteiger partial charge in [0.1, 0.15) is 0 Å². The highest BCUT2D eigenvalue weighted by Crippen LogP contribution is 2.02. The van der Waals surface area contributed by atoms with E-state index >= 15 is 0 Å². The number of nitrogens with one attached hydrogen (secondary N) is 1. The number of methoxy groups -OCH3 is 1. The molecule has 0 unspecified atom stereocenters. The number of aromatic nitrogens is 2. The molecule has 1 heterocycles. The molecule has 0 aliphatic carbocycles. The minimum Gasteiger partial charge on any atom is -0.382 e. The lowest BCUT2D eigenvalue weighted by Gasteiger charge is -2.06. The predicted molar refractivity (Wildman–Crippen MR) is 62.3 cm³/mol. The first-order valence-corrected chi connectivity index (χ1v) is 5.54. The third kappa shape index (κ3) is 4.97. The van der Waals surface area contributed by atoms with Gasteiger partial charge in [0.05, 0.1) is 25.5 Å². The van der Waals surface area contributed by atoms with Gasteiger partial charge in [-0.05, 0) is 19.9 Å². The summed E-state index contributed by atoms with van der Waals surface area (Å²) in [7, 11) is 1.58. The van der Waals surface area contributed by atoms with Crippen molar-refractivity contribution >= 4 is 5.91 Å². The second-order valence-electron chi connectivity index (χ2n) is 3.77. The average molecular weight is 241 g/mol. The highest BCUT2D eigenvalue weighted by Gasteiger charge is 2.05. The standard InChI is InChI=1S/C11H19N3O3/c1-9-8-10(2)14(12-9)5-4-11(15)13-17-7-6-16-3/h8H,4-7H2,1-3H3,(H,13,15). The molecule has 0 bridgehead atoms. The summed E-state index contributed by atoms with van der Waals surface area (Å²) in [5.74, 6) is -0.159. The van der Waals surface area contributed by atoms with Crippen LogP contribution in [-0.2, 0) is 20.9 Å². The van der Waals surface area contributed by atoms with Gasteiger partial charge in [0.25, 0.3) is 0 Å². The monoisotopic (exact) mass is 241 g/mol. The Morgan fingerprint density at radius 2 is 2.24 bits per heavy atom. The van der Waals surface area contributed by atoms with E-state index in [0.29, 0.717) is 26.2 Å². The molecule has 6 nitrogen and oxygen atoms in total. The van der Waals surface area contributed by atoms with Gasteiger partial charge in [0.2, 0.25) is 5.91 Å². The number of amides is 1. The summed E-state index contributed by atoms with van der Waals surface area (Å²) >= 11 is 0. The molecule has 0 fully saturated rings. The van der Waals surface area contributed by atoms with Crippen molar-refractivity contribution in [2.45, 2.75) is 26.8 Å². The van der Waals surface area contributed by atoms with Crippen LogP contribution in [0, 0.1) is 13.8 Å². The molecule has 0 saturated carbocycles. The van der Waals surface area contributed by atoms with E-state index in [2.05, 4.69) is 10.6 Å². The Hall–Kier alpha value is -1.40. The molecule has 0 aromatic carbocycles. The zero-order chi connectivity index (χ0) is 12.7. The molecule has 1 amide bonds. The lowest BCUT2D eigenvalue weighted by Crippen LogP contribution is -2.26. The van der Waals surface area contributed by atoms with E-state index in [0.717, 1.165) is 11.4 Å². The summed E-state index contributed by atoms with van der Waals surface area (Å²) in [6.07, 6.45) is 0.342. The number of nitrogens with zero attached hydrogens (tertiary/aromatic N) is 2. The Labute approximate surface area is 101 Å². The largest absolute Gasteiger partial charge is 0.382 e. The van der Waals surface area contributed by atoms with Crippen molar-refractivity contribution in [3.8, 4) is 0 Å². The number of hydroxylamine groups is 1. The summed E-state index contributed by atoms with van der Waals surface area (Å²) in [6.45, 7) is 5.25. The molecule has 0 radical (unpaired) electrons. The number of hydrogen-bond acceptors (Lipinski definition) is 4. The number of carbonyl (C=O) groups is 1. The summed E-state index contributed by atoms with van der Waals surface area (Å²) < 4.78 is 6.59. The number of carbonyl (C=O) groups excluding carboxylic acids is 1. The first-order chi connectivity index (χ1) is 8.13. The number of hydrogen-bond donors (Lipinski definition) is 1. The lowest BCUT2D eigenvalue weighted by molar-refractivity contribution is -0.134. The topological polar surface area (TPSA) is 65.4 Å². The minimum absolute atomic E-state index is 0.159. The fourth-order valence-corrected chi connectivity index (χ4v) is 1.42. The van der Waals surface area contributed by atoms with Crippen LogP contribution in [0.2, 0.25) is 0 Å². The summed E-state index contributed by atoms with van der Waals surface area (Å²) in [4.78, 5) is 16.3. The highest BCUT2D eigenvalue weighted by atomic mass is 16.7. The first-order valence-electron chi connectivity index (χ1n) is 5.54. The molecule has 1 aromatic rings. The Morgan fingerprint density at radius 1 is 1.47 bits per heavy atom. The molecule has 1 rings (SSSR count). The summed E-state index contributed by atoms with van der Waals surface area (Å²) in [6, 6.07) is 1.98. The van der Waals surface area contributed by atoms with Crippen LogP contribution in [-0.4, -0.2) is 36.0 Å². The van der Waals surface area contributed by atoms with E-state index in [1.807, 2.05) is 24.6 Å². The van der Waals surface area contributed by atoms with Gasteiger partial charge in [-0.15, -0.1) is 0 Å². The van der Waals surface area contributed by atoms with Gasteiger partial charge < -0.3 is 4.74 Å². The fourth-order valence-electron chi connectivity index (χ4n) is 1.42. The van der Waals surface area contributed by atoms with E-state index in [-0.39, 0.29) is 5.91 Å². The lowest BCUT2D eigenvalue weighted by atomic mass is 10.4. The highest BCUT2D eigenvalue weighted by molar-refractivity contribution is 5.74. The predicted octanol–water partition coefficient (Wildman–Crippen LogP) is 0.584. The van der Waals surface area contributed by atoms with Crippen LogP contribution in [0.3, 0.4) is 0 Å². The van der Waals surface area contributed by atoms with Crippen LogP contribution in [0.4, 0.5) is 0 Å². The summed E-state index contributed by atoms with van der Waals surface area (Å²) in [5.41, 5.74) is 4.36. The van der Waals surface area contributed by atoms with E-state index in [1.54, 1.807) is 7.11 Å². The van der Waals surface area contributed by atoms with E-state index < -0.39 is 0 Å². The maximum absolute atomic E-state index is 11.4. The molecule has 0 aliphatic heterocycles. The SMILES string of the molecule is COCCONC(=O)CCn1nc(C)cc1C. The molecule has 0 aliphatic rings. The zero-order valence-corrected chi connectivity index (χ0v) is 10.5. The van der Waals surface area contributed by atoms with Crippen molar-refractivity contribution in [2.75, 3.05) is 20.3 Å². The van der Waals surface area contributed by atoms with Gasteiger partial charge in [0, 0.05) is 19.2 Å². The molecule has 0 atom stereocenters. The van der Waals surface area contributed by atoms with Crippen LogP contribution in [0.25, 0.3) is 0 Å². The maximum Gasteiger partial charge on any atom is 0.245 e. The van der Waals surface area contributed by atoms with Crippen molar-refractivity contribution in [3.05, 3.63) is 17.5 Å². The maximum atomic E-state index is 11.4. The van der Waals surface area contributed by atoms with Gasteiger partial charge in [-0.3, -0.25) is 14.3 Å². The van der Waals surface area contributed by atoms with Crippen molar-refractivity contribution in [1.29, 1.82) is 0 Å².